The van der Waals surface area contributed by atoms with Crippen LogP contribution in [0.2, 0.25) is 0 Å². The molecule has 2 aliphatic heterocycles. The second-order valence-corrected chi connectivity index (χ2v) is 8.68. The van der Waals surface area contributed by atoms with Crippen molar-refractivity contribution in [1.82, 2.24) is 19.5 Å². The minimum Gasteiger partial charge on any atom is -0.363 e. The summed E-state index contributed by atoms with van der Waals surface area (Å²) < 4.78 is 15.5. The summed E-state index contributed by atoms with van der Waals surface area (Å²) in [6.45, 7) is 5.78. The van der Waals surface area contributed by atoms with Crippen LogP contribution < -0.4 is 4.90 Å². The summed E-state index contributed by atoms with van der Waals surface area (Å²) in [6, 6.07) is 8.95. The van der Waals surface area contributed by atoms with Crippen molar-refractivity contribution in [3.05, 3.63) is 60.3 Å². The summed E-state index contributed by atoms with van der Waals surface area (Å²) in [5.74, 6) is 0.120. The molecule has 2 aromatic heterocycles. The molecule has 150 valence electrons. The molecule has 0 spiro atoms. The zero-order chi connectivity index (χ0) is 20.2. The lowest BCUT2D eigenvalue weighted by Gasteiger charge is -2.41. The normalized spacial score (nSPS) is 23.4. The summed E-state index contributed by atoms with van der Waals surface area (Å²) in [5.41, 5.74) is 1.97. The highest BCUT2D eigenvalue weighted by molar-refractivity contribution is 5.99. The van der Waals surface area contributed by atoms with Crippen molar-refractivity contribution >= 4 is 17.2 Å². The molecule has 1 aromatic carbocycles. The van der Waals surface area contributed by atoms with Gasteiger partial charge in [-0.2, -0.15) is 5.10 Å². The predicted molar refractivity (Wildman–Crippen MR) is 108 cm³/mol. The lowest BCUT2D eigenvalue weighted by molar-refractivity contribution is 0.0669. The Morgan fingerprint density at radius 2 is 2.14 bits per heavy atom. The van der Waals surface area contributed by atoms with Crippen molar-refractivity contribution in [2.24, 2.45) is 5.92 Å². The highest BCUT2D eigenvalue weighted by Crippen LogP contribution is 2.44. The molecule has 1 amide bonds. The minimum atomic E-state index is -0.213. The SMILES string of the molecule is CC1(C)C[C@@H]2CN(C(=O)c3cnn4cccnc34)CC[C@@H]2N1c1cccc(F)c1. The lowest BCUT2D eigenvalue weighted by Crippen LogP contribution is -2.50. The van der Waals surface area contributed by atoms with Gasteiger partial charge in [0.05, 0.1) is 6.20 Å². The summed E-state index contributed by atoms with van der Waals surface area (Å²) in [4.78, 5) is 21.8. The van der Waals surface area contributed by atoms with Gasteiger partial charge in [-0.3, -0.25) is 4.79 Å². The van der Waals surface area contributed by atoms with Crippen molar-refractivity contribution in [3.8, 4) is 0 Å². The number of piperidine rings is 1. The second kappa shape index (κ2) is 6.54. The van der Waals surface area contributed by atoms with Gasteiger partial charge in [-0.1, -0.05) is 6.07 Å². The number of carbonyl (C=O) groups is 1. The third-order valence-corrected chi connectivity index (χ3v) is 6.32. The van der Waals surface area contributed by atoms with Crippen LogP contribution >= 0.6 is 0 Å². The van der Waals surface area contributed by atoms with Crippen LogP contribution in [0.5, 0.6) is 0 Å². The molecule has 29 heavy (non-hydrogen) atoms. The predicted octanol–water partition coefficient (Wildman–Crippen LogP) is 3.39. The minimum absolute atomic E-state index is 0.0147. The molecule has 7 heteroatoms. The number of amides is 1. The van der Waals surface area contributed by atoms with Crippen LogP contribution in [0.25, 0.3) is 5.65 Å². The van der Waals surface area contributed by atoms with E-state index in [9.17, 15) is 9.18 Å². The van der Waals surface area contributed by atoms with Crippen molar-refractivity contribution in [3.63, 3.8) is 0 Å². The van der Waals surface area contributed by atoms with E-state index < -0.39 is 0 Å². The van der Waals surface area contributed by atoms with Crippen LogP contribution in [-0.2, 0) is 0 Å². The fourth-order valence-corrected chi connectivity index (χ4v) is 5.25. The molecule has 6 nitrogen and oxygen atoms in total. The number of hydrogen-bond donors (Lipinski definition) is 0. The quantitative estimate of drug-likeness (QED) is 0.670. The molecule has 2 aliphatic rings. The molecule has 2 saturated heterocycles. The third kappa shape index (κ3) is 2.96. The molecule has 0 radical (unpaired) electrons. The maximum atomic E-state index is 13.9. The van der Waals surface area contributed by atoms with E-state index in [1.807, 2.05) is 11.0 Å². The average Bonchev–Trinajstić information content (AvgIpc) is 3.23. The molecule has 0 bridgehead atoms. The smallest absolute Gasteiger partial charge is 0.259 e. The Morgan fingerprint density at radius 1 is 1.28 bits per heavy atom. The summed E-state index contributed by atoms with van der Waals surface area (Å²) in [5, 5.41) is 4.25. The first-order valence-electron chi connectivity index (χ1n) is 10.1. The van der Waals surface area contributed by atoms with Gasteiger partial charge in [-0.15, -0.1) is 0 Å². The number of carbonyl (C=O) groups excluding carboxylic acids is 1. The molecule has 2 fully saturated rings. The van der Waals surface area contributed by atoms with Crippen LogP contribution in [-0.4, -0.2) is 50.1 Å². The Hall–Kier alpha value is -2.96. The van der Waals surface area contributed by atoms with Gasteiger partial charge in [0, 0.05) is 42.8 Å². The Morgan fingerprint density at radius 3 is 2.97 bits per heavy atom. The Kier molecular flexibility index (Phi) is 4.08. The highest BCUT2D eigenvalue weighted by Gasteiger charge is 2.48. The number of halogens is 1. The number of rotatable bonds is 2. The molecule has 4 heterocycles. The topological polar surface area (TPSA) is 53.7 Å². The first-order valence-corrected chi connectivity index (χ1v) is 10.1. The van der Waals surface area contributed by atoms with Gasteiger partial charge in [0.15, 0.2) is 5.65 Å². The first kappa shape index (κ1) is 18.1. The van der Waals surface area contributed by atoms with E-state index in [2.05, 4.69) is 28.8 Å². The Bertz CT molecular complexity index is 1080. The molecular weight excluding hydrogens is 369 g/mol. The molecule has 0 aliphatic carbocycles. The van der Waals surface area contributed by atoms with E-state index in [-0.39, 0.29) is 17.3 Å². The van der Waals surface area contributed by atoms with Crippen molar-refractivity contribution in [1.29, 1.82) is 0 Å². The van der Waals surface area contributed by atoms with Gasteiger partial charge >= 0.3 is 0 Å². The molecule has 3 aromatic rings. The number of benzene rings is 1. The van der Waals surface area contributed by atoms with E-state index in [1.54, 1.807) is 41.3 Å². The number of aromatic nitrogens is 3. The molecule has 0 unspecified atom stereocenters. The van der Waals surface area contributed by atoms with Gasteiger partial charge < -0.3 is 9.80 Å². The summed E-state index contributed by atoms with van der Waals surface area (Å²) >= 11 is 0. The number of hydrogen-bond acceptors (Lipinski definition) is 4. The summed E-state index contributed by atoms with van der Waals surface area (Å²) in [7, 11) is 0. The standard InChI is InChI=1S/C22H24FN5O/c1-22(2)12-15-14-26(21(29)18-13-25-27-9-4-8-24-20(18)27)10-7-19(15)28(22)17-6-3-5-16(23)11-17/h3-6,8-9,11,13,15,19H,7,10,12,14H2,1-2H3/t15-,19+/m1/s1. The number of fused-ring (bicyclic) bond motifs is 2. The van der Waals surface area contributed by atoms with E-state index in [0.717, 1.165) is 18.5 Å². The monoisotopic (exact) mass is 393 g/mol. The average molecular weight is 393 g/mol. The Labute approximate surface area is 168 Å². The lowest BCUT2D eigenvalue weighted by atomic mass is 9.89. The van der Waals surface area contributed by atoms with Crippen LogP contribution in [0.3, 0.4) is 0 Å². The third-order valence-electron chi connectivity index (χ3n) is 6.32. The zero-order valence-corrected chi connectivity index (χ0v) is 16.6. The first-order chi connectivity index (χ1) is 13.9. The fraction of sp³-hybridized carbons (Fsp3) is 0.409. The van der Waals surface area contributed by atoms with E-state index in [4.69, 9.17) is 0 Å². The zero-order valence-electron chi connectivity index (χ0n) is 16.6. The van der Waals surface area contributed by atoms with Gasteiger partial charge in [-0.05, 0) is 56.9 Å². The molecule has 0 N–H and O–H groups in total. The molecule has 2 atom stereocenters. The van der Waals surface area contributed by atoms with Crippen LogP contribution in [0.4, 0.5) is 10.1 Å². The maximum Gasteiger partial charge on any atom is 0.259 e. The van der Waals surface area contributed by atoms with Gasteiger partial charge in [0.1, 0.15) is 11.4 Å². The second-order valence-electron chi connectivity index (χ2n) is 8.68. The van der Waals surface area contributed by atoms with Crippen molar-refractivity contribution < 1.29 is 9.18 Å². The van der Waals surface area contributed by atoms with E-state index in [0.29, 0.717) is 36.3 Å². The van der Waals surface area contributed by atoms with Gasteiger partial charge in [0.2, 0.25) is 0 Å². The van der Waals surface area contributed by atoms with E-state index >= 15 is 0 Å². The molecular formula is C22H24FN5O. The number of nitrogens with zero attached hydrogens (tertiary/aromatic N) is 5. The maximum absolute atomic E-state index is 13.9. The van der Waals surface area contributed by atoms with Crippen LogP contribution in [0.1, 0.15) is 37.0 Å². The van der Waals surface area contributed by atoms with Gasteiger partial charge in [0.25, 0.3) is 5.91 Å². The van der Waals surface area contributed by atoms with Crippen LogP contribution in [0.15, 0.2) is 48.9 Å². The fourth-order valence-electron chi connectivity index (χ4n) is 5.25. The van der Waals surface area contributed by atoms with Gasteiger partial charge in [-0.25, -0.2) is 13.9 Å². The largest absolute Gasteiger partial charge is 0.363 e. The molecule has 5 rings (SSSR count). The summed E-state index contributed by atoms with van der Waals surface area (Å²) in [6.07, 6.45) is 6.90. The van der Waals surface area contributed by atoms with Crippen molar-refractivity contribution in [2.45, 2.75) is 38.3 Å². The molecule has 0 saturated carbocycles. The number of likely N-dealkylation sites (tertiary alicyclic amines) is 1. The van der Waals surface area contributed by atoms with Crippen LogP contribution in [0, 0.1) is 11.7 Å². The number of anilines is 1. The van der Waals surface area contributed by atoms with Crippen molar-refractivity contribution in [2.75, 3.05) is 18.0 Å². The Balaban J connectivity index is 1.40. The highest BCUT2D eigenvalue weighted by atomic mass is 19.1. The van der Waals surface area contributed by atoms with E-state index in [1.165, 1.54) is 6.07 Å².